The van der Waals surface area contributed by atoms with Crippen LogP contribution in [0.5, 0.6) is 0 Å². The monoisotopic (exact) mass is 409 g/mol. The molecule has 27 heavy (non-hydrogen) atoms. The van der Waals surface area contributed by atoms with Crippen LogP contribution in [0.25, 0.3) is 0 Å². The van der Waals surface area contributed by atoms with Crippen molar-refractivity contribution in [2.75, 3.05) is 78.1 Å². The van der Waals surface area contributed by atoms with Crippen LogP contribution in [0.1, 0.15) is 20.8 Å². The second kappa shape index (κ2) is 13.4. The highest BCUT2D eigenvalue weighted by Crippen LogP contribution is 2.07. The molecular formula is C17H35N3O6S. The molecule has 160 valence electrons. The van der Waals surface area contributed by atoms with E-state index in [1.807, 2.05) is 13.8 Å². The van der Waals surface area contributed by atoms with Crippen LogP contribution in [-0.2, 0) is 29.0 Å². The van der Waals surface area contributed by atoms with Crippen molar-refractivity contribution >= 4 is 15.9 Å². The van der Waals surface area contributed by atoms with Crippen molar-refractivity contribution in [3.63, 3.8) is 0 Å². The Hall–Kier alpha value is -0.780. The fourth-order valence-electron chi connectivity index (χ4n) is 2.49. The maximum Gasteiger partial charge on any atom is 0.246 e. The molecule has 1 aliphatic rings. The largest absolute Gasteiger partial charge is 0.378 e. The summed E-state index contributed by atoms with van der Waals surface area (Å²) in [7, 11) is -3.07. The van der Waals surface area contributed by atoms with Gasteiger partial charge in [-0.2, -0.15) is 4.31 Å². The highest BCUT2D eigenvalue weighted by atomic mass is 32.2. The highest BCUT2D eigenvalue weighted by Gasteiger charge is 2.24. The van der Waals surface area contributed by atoms with Crippen molar-refractivity contribution in [1.29, 1.82) is 0 Å². The van der Waals surface area contributed by atoms with Gasteiger partial charge >= 0.3 is 0 Å². The molecule has 0 aromatic carbocycles. The van der Waals surface area contributed by atoms with E-state index < -0.39 is 10.0 Å². The van der Waals surface area contributed by atoms with E-state index in [2.05, 4.69) is 10.2 Å². The summed E-state index contributed by atoms with van der Waals surface area (Å²) in [4.78, 5) is 13.6. The van der Waals surface area contributed by atoms with E-state index in [9.17, 15) is 13.2 Å². The predicted molar refractivity (Wildman–Crippen MR) is 103 cm³/mol. The predicted octanol–water partition coefficient (Wildman–Crippen LogP) is -0.472. The number of sulfonamides is 1. The number of nitrogens with zero attached hydrogens (tertiary/aromatic N) is 2. The minimum Gasteiger partial charge on any atom is -0.378 e. The number of rotatable bonds is 14. The lowest BCUT2D eigenvalue weighted by molar-refractivity contribution is -0.127. The van der Waals surface area contributed by atoms with Gasteiger partial charge in [-0.05, 0) is 20.8 Å². The lowest BCUT2D eigenvalue weighted by Crippen LogP contribution is -2.49. The Bertz CT molecular complexity index is 507. The zero-order valence-corrected chi connectivity index (χ0v) is 17.6. The number of ether oxygens (including phenoxy) is 3. The minimum absolute atomic E-state index is 0.0393. The van der Waals surface area contributed by atoms with Gasteiger partial charge in [-0.15, -0.1) is 0 Å². The van der Waals surface area contributed by atoms with Crippen molar-refractivity contribution in [2.45, 2.75) is 26.9 Å². The summed E-state index contributed by atoms with van der Waals surface area (Å²) in [5, 5.41) is 2.72. The molecule has 0 unspecified atom stereocenters. The molecule has 10 heteroatoms. The lowest BCUT2D eigenvalue weighted by atomic mass is 10.3. The molecule has 1 saturated heterocycles. The molecule has 0 atom stereocenters. The first kappa shape index (κ1) is 24.3. The van der Waals surface area contributed by atoms with E-state index in [0.717, 1.165) is 19.6 Å². The molecule has 1 aliphatic heterocycles. The Morgan fingerprint density at radius 2 is 1.67 bits per heavy atom. The third-order valence-electron chi connectivity index (χ3n) is 4.13. The zero-order chi connectivity index (χ0) is 20.1. The number of piperazine rings is 1. The molecule has 1 N–H and O–H groups in total. The van der Waals surface area contributed by atoms with E-state index in [-0.39, 0.29) is 24.4 Å². The standard InChI is InChI=1S/C17H35N3O6S/c1-4-27(22,23)20-8-6-19(7-9-20)10-12-25-14-13-24-11-5-18-17(21)15-26-16(2)3/h16H,4-15H2,1-3H3,(H,18,21). The highest BCUT2D eigenvalue weighted by molar-refractivity contribution is 7.89. The maximum atomic E-state index is 11.8. The van der Waals surface area contributed by atoms with Crippen molar-refractivity contribution in [1.82, 2.24) is 14.5 Å². The van der Waals surface area contributed by atoms with Crippen LogP contribution in [-0.4, -0.2) is 108 Å². The Kier molecular flexibility index (Phi) is 12.0. The quantitative estimate of drug-likeness (QED) is 0.387. The third-order valence-corrected chi connectivity index (χ3v) is 6.01. The first-order chi connectivity index (χ1) is 12.8. The van der Waals surface area contributed by atoms with Gasteiger partial charge in [0.1, 0.15) is 6.61 Å². The van der Waals surface area contributed by atoms with Gasteiger partial charge in [-0.25, -0.2) is 8.42 Å². The first-order valence-electron chi connectivity index (χ1n) is 9.59. The smallest absolute Gasteiger partial charge is 0.246 e. The fraction of sp³-hybridized carbons (Fsp3) is 0.941. The van der Waals surface area contributed by atoms with Crippen LogP contribution < -0.4 is 5.32 Å². The average Bonchev–Trinajstić information content (AvgIpc) is 2.65. The maximum absolute atomic E-state index is 11.8. The molecule has 0 aromatic rings. The van der Waals surface area contributed by atoms with E-state index in [4.69, 9.17) is 14.2 Å². The van der Waals surface area contributed by atoms with Gasteiger partial charge < -0.3 is 19.5 Å². The normalized spacial score (nSPS) is 16.7. The van der Waals surface area contributed by atoms with Gasteiger partial charge in [0.15, 0.2) is 0 Å². The summed E-state index contributed by atoms with van der Waals surface area (Å²) in [5.41, 5.74) is 0. The number of hydrogen-bond acceptors (Lipinski definition) is 7. The van der Waals surface area contributed by atoms with Crippen LogP contribution in [0.4, 0.5) is 0 Å². The summed E-state index contributed by atoms with van der Waals surface area (Å²) >= 11 is 0. The molecule has 0 aliphatic carbocycles. The lowest BCUT2D eigenvalue weighted by Gasteiger charge is -2.33. The molecular weight excluding hydrogens is 374 g/mol. The second-order valence-corrected chi connectivity index (χ2v) is 8.83. The van der Waals surface area contributed by atoms with Crippen molar-refractivity contribution < 1.29 is 27.4 Å². The molecule has 1 amide bonds. The van der Waals surface area contributed by atoms with Crippen LogP contribution in [0.15, 0.2) is 0 Å². The van der Waals surface area contributed by atoms with Crippen LogP contribution in [0, 0.1) is 0 Å². The Balaban J connectivity index is 1.92. The number of carbonyl (C=O) groups is 1. The van der Waals surface area contributed by atoms with Crippen LogP contribution in [0.2, 0.25) is 0 Å². The summed E-state index contributed by atoms with van der Waals surface area (Å²) in [5.74, 6) is 0.0151. The number of hydrogen-bond donors (Lipinski definition) is 1. The van der Waals surface area contributed by atoms with Crippen molar-refractivity contribution in [2.24, 2.45) is 0 Å². The van der Waals surface area contributed by atoms with E-state index >= 15 is 0 Å². The third kappa shape index (κ3) is 11.0. The summed E-state index contributed by atoms with van der Waals surface area (Å²) in [6.45, 7) is 11.3. The molecule has 1 heterocycles. The second-order valence-electron chi connectivity index (χ2n) is 6.58. The molecule has 0 bridgehead atoms. The Morgan fingerprint density at radius 3 is 2.26 bits per heavy atom. The molecule has 0 spiro atoms. The van der Waals surface area contributed by atoms with Gasteiger partial charge in [0.2, 0.25) is 15.9 Å². The van der Waals surface area contributed by atoms with Gasteiger partial charge in [-0.3, -0.25) is 9.69 Å². The van der Waals surface area contributed by atoms with Gasteiger partial charge in [0, 0.05) is 39.3 Å². The summed E-state index contributed by atoms with van der Waals surface area (Å²) < 4.78 is 41.3. The SMILES string of the molecule is CCS(=O)(=O)N1CCN(CCOCCOCCNC(=O)COC(C)C)CC1. The van der Waals surface area contributed by atoms with E-state index in [1.54, 1.807) is 11.2 Å². The van der Waals surface area contributed by atoms with Gasteiger partial charge in [0.25, 0.3) is 0 Å². The van der Waals surface area contributed by atoms with Crippen LogP contribution >= 0.6 is 0 Å². The number of amides is 1. The fourth-order valence-corrected chi connectivity index (χ4v) is 3.57. The number of nitrogens with one attached hydrogen (secondary N) is 1. The van der Waals surface area contributed by atoms with Gasteiger partial charge in [-0.1, -0.05) is 0 Å². The van der Waals surface area contributed by atoms with Crippen LogP contribution in [0.3, 0.4) is 0 Å². The number of carbonyl (C=O) groups excluding carboxylic acids is 1. The molecule has 1 fully saturated rings. The van der Waals surface area contributed by atoms with Gasteiger partial charge in [0.05, 0.1) is 38.3 Å². The topological polar surface area (TPSA) is 97.4 Å². The Labute approximate surface area is 163 Å². The molecule has 1 rings (SSSR count). The van der Waals surface area contributed by atoms with Crippen molar-refractivity contribution in [3.05, 3.63) is 0 Å². The first-order valence-corrected chi connectivity index (χ1v) is 11.2. The van der Waals surface area contributed by atoms with Crippen molar-refractivity contribution in [3.8, 4) is 0 Å². The van der Waals surface area contributed by atoms with E-state index in [0.29, 0.717) is 46.1 Å². The van der Waals surface area contributed by atoms with E-state index in [1.165, 1.54) is 0 Å². The minimum atomic E-state index is -3.07. The molecule has 0 saturated carbocycles. The summed E-state index contributed by atoms with van der Waals surface area (Å²) in [6, 6.07) is 0. The average molecular weight is 410 g/mol. The molecule has 9 nitrogen and oxygen atoms in total. The molecule has 0 radical (unpaired) electrons. The summed E-state index contributed by atoms with van der Waals surface area (Å²) in [6.07, 6.45) is 0.0393. The Morgan fingerprint density at radius 1 is 1.04 bits per heavy atom. The molecule has 0 aromatic heterocycles. The zero-order valence-electron chi connectivity index (χ0n) is 16.8.